The van der Waals surface area contributed by atoms with E-state index in [9.17, 15) is 9.59 Å². The van der Waals surface area contributed by atoms with Crippen LogP contribution >= 0.6 is 0 Å². The Balaban J connectivity index is 2.37. The van der Waals surface area contributed by atoms with Gasteiger partial charge < -0.3 is 4.74 Å². The van der Waals surface area contributed by atoms with Crippen molar-refractivity contribution in [3.8, 4) is 0 Å². The minimum atomic E-state index is -0.285. The molecular weight excluding hydrogens is 158 g/mol. The highest BCUT2D eigenvalue weighted by atomic mass is 16.5. The second-order valence-corrected chi connectivity index (χ2v) is 2.20. The van der Waals surface area contributed by atoms with Gasteiger partial charge in [0.25, 0.3) is 11.8 Å². The van der Waals surface area contributed by atoms with Gasteiger partial charge in [-0.15, -0.1) is 0 Å². The van der Waals surface area contributed by atoms with Gasteiger partial charge in [0.05, 0.1) is 12.8 Å². The summed E-state index contributed by atoms with van der Waals surface area (Å²) >= 11 is 0. The first-order chi connectivity index (χ1) is 5.75. The lowest BCUT2D eigenvalue weighted by atomic mass is 10.5. The van der Waals surface area contributed by atoms with E-state index in [2.05, 4.69) is 6.58 Å². The summed E-state index contributed by atoms with van der Waals surface area (Å²) in [6.45, 7) is 3.91. The summed E-state index contributed by atoms with van der Waals surface area (Å²) in [4.78, 5) is 22.9. The summed E-state index contributed by atoms with van der Waals surface area (Å²) in [6, 6.07) is 0. The molecule has 1 rings (SSSR count). The molecule has 4 heteroatoms. The van der Waals surface area contributed by atoms with Crippen LogP contribution in [-0.4, -0.2) is 29.9 Å². The molecule has 0 spiro atoms. The molecule has 2 amide bonds. The number of ether oxygens (including phenoxy) is 1. The third kappa shape index (κ3) is 1.72. The third-order valence-corrected chi connectivity index (χ3v) is 1.45. The van der Waals surface area contributed by atoms with Crippen molar-refractivity contribution in [1.82, 2.24) is 4.90 Å². The molecule has 1 aliphatic rings. The van der Waals surface area contributed by atoms with Gasteiger partial charge >= 0.3 is 0 Å². The van der Waals surface area contributed by atoms with Crippen molar-refractivity contribution in [3.63, 3.8) is 0 Å². The minimum Gasteiger partial charge on any atom is -0.500 e. The van der Waals surface area contributed by atoms with Crippen LogP contribution in [0.25, 0.3) is 0 Å². The summed E-state index contributed by atoms with van der Waals surface area (Å²) in [5, 5.41) is 0. The predicted octanol–water partition coefficient (Wildman–Crippen LogP) is 0.0715. The van der Waals surface area contributed by atoms with Gasteiger partial charge in [-0.2, -0.15) is 0 Å². The Kier molecular flexibility index (Phi) is 2.63. The summed E-state index contributed by atoms with van der Waals surface area (Å²) in [5.41, 5.74) is 0. The van der Waals surface area contributed by atoms with E-state index >= 15 is 0 Å². The molecule has 0 saturated carbocycles. The molecule has 0 bridgehead atoms. The molecule has 0 N–H and O–H groups in total. The normalized spacial score (nSPS) is 15.5. The van der Waals surface area contributed by atoms with Crippen LogP contribution in [0.1, 0.15) is 0 Å². The lowest BCUT2D eigenvalue weighted by molar-refractivity contribution is -0.137. The largest absolute Gasteiger partial charge is 0.500 e. The first kappa shape index (κ1) is 8.52. The molecule has 0 fully saturated rings. The number of amides is 2. The number of hydrogen-bond acceptors (Lipinski definition) is 3. The van der Waals surface area contributed by atoms with Crippen LogP contribution in [0.2, 0.25) is 0 Å². The summed E-state index contributed by atoms with van der Waals surface area (Å²) < 4.78 is 4.78. The molecule has 0 atom stereocenters. The number of carbonyl (C=O) groups is 2. The Morgan fingerprint density at radius 3 is 2.50 bits per heavy atom. The van der Waals surface area contributed by atoms with Crippen molar-refractivity contribution in [3.05, 3.63) is 25.0 Å². The lowest BCUT2D eigenvalue weighted by Crippen LogP contribution is -2.32. The maximum absolute atomic E-state index is 10.9. The average molecular weight is 167 g/mol. The molecule has 0 aromatic heterocycles. The van der Waals surface area contributed by atoms with Gasteiger partial charge in [-0.05, 0) is 0 Å². The second-order valence-electron chi connectivity index (χ2n) is 2.20. The maximum atomic E-state index is 10.9. The van der Waals surface area contributed by atoms with Gasteiger partial charge in [-0.1, -0.05) is 6.58 Å². The van der Waals surface area contributed by atoms with Crippen molar-refractivity contribution in [2.24, 2.45) is 0 Å². The van der Waals surface area contributed by atoms with Crippen LogP contribution in [-0.2, 0) is 14.3 Å². The molecule has 4 nitrogen and oxygen atoms in total. The van der Waals surface area contributed by atoms with Gasteiger partial charge in [0.1, 0.15) is 6.61 Å². The van der Waals surface area contributed by atoms with Gasteiger partial charge in [-0.25, -0.2) is 0 Å². The SMILES string of the molecule is C=COCCN1C(=O)C=CC1=O. The zero-order valence-corrected chi connectivity index (χ0v) is 6.53. The lowest BCUT2D eigenvalue weighted by Gasteiger charge is -2.12. The molecular formula is C8H9NO3. The van der Waals surface area contributed by atoms with Gasteiger partial charge in [0.2, 0.25) is 0 Å². The minimum absolute atomic E-state index is 0.274. The topological polar surface area (TPSA) is 46.6 Å². The zero-order chi connectivity index (χ0) is 8.97. The monoisotopic (exact) mass is 167 g/mol. The highest BCUT2D eigenvalue weighted by Crippen LogP contribution is 2.02. The average Bonchev–Trinajstić information content (AvgIpc) is 2.35. The highest BCUT2D eigenvalue weighted by molar-refractivity contribution is 6.12. The summed E-state index contributed by atoms with van der Waals surface area (Å²) in [6.07, 6.45) is 3.77. The molecule has 0 radical (unpaired) electrons. The van der Waals surface area contributed by atoms with Crippen LogP contribution < -0.4 is 0 Å². The zero-order valence-electron chi connectivity index (χ0n) is 6.53. The second kappa shape index (κ2) is 3.71. The van der Waals surface area contributed by atoms with Crippen LogP contribution in [0.4, 0.5) is 0 Å². The van der Waals surface area contributed by atoms with Crippen LogP contribution in [0.5, 0.6) is 0 Å². The van der Waals surface area contributed by atoms with E-state index in [4.69, 9.17) is 4.74 Å². The predicted molar refractivity (Wildman–Crippen MR) is 42.0 cm³/mol. The quantitative estimate of drug-likeness (QED) is 0.338. The Bertz CT molecular complexity index is 227. The Morgan fingerprint density at radius 1 is 1.42 bits per heavy atom. The number of imide groups is 1. The van der Waals surface area contributed by atoms with E-state index in [0.717, 1.165) is 4.90 Å². The van der Waals surface area contributed by atoms with Crippen molar-refractivity contribution >= 4 is 11.8 Å². The molecule has 1 heterocycles. The highest BCUT2D eigenvalue weighted by Gasteiger charge is 2.22. The smallest absolute Gasteiger partial charge is 0.253 e. The fraction of sp³-hybridized carbons (Fsp3) is 0.250. The van der Waals surface area contributed by atoms with Crippen molar-refractivity contribution < 1.29 is 14.3 Å². The Hall–Kier alpha value is -1.58. The fourth-order valence-electron chi connectivity index (χ4n) is 0.879. The molecule has 12 heavy (non-hydrogen) atoms. The van der Waals surface area contributed by atoms with Gasteiger partial charge in [0.15, 0.2) is 0 Å². The molecule has 0 aliphatic carbocycles. The van der Waals surface area contributed by atoms with Crippen molar-refractivity contribution in [2.45, 2.75) is 0 Å². The van der Waals surface area contributed by atoms with Crippen molar-refractivity contribution in [1.29, 1.82) is 0 Å². The maximum Gasteiger partial charge on any atom is 0.253 e. The number of nitrogens with zero attached hydrogens (tertiary/aromatic N) is 1. The van der Waals surface area contributed by atoms with Gasteiger partial charge in [-0.3, -0.25) is 14.5 Å². The van der Waals surface area contributed by atoms with E-state index in [-0.39, 0.29) is 18.4 Å². The molecule has 64 valence electrons. The number of hydrogen-bond donors (Lipinski definition) is 0. The van der Waals surface area contributed by atoms with Crippen LogP contribution in [0.15, 0.2) is 25.0 Å². The summed E-state index contributed by atoms with van der Waals surface area (Å²) in [5.74, 6) is -0.569. The molecule has 1 aliphatic heterocycles. The van der Waals surface area contributed by atoms with Crippen molar-refractivity contribution in [2.75, 3.05) is 13.2 Å². The first-order valence-electron chi connectivity index (χ1n) is 3.51. The van der Waals surface area contributed by atoms with Gasteiger partial charge in [0, 0.05) is 12.2 Å². The Labute approximate surface area is 70.1 Å². The van der Waals surface area contributed by atoms with E-state index < -0.39 is 0 Å². The molecule has 0 unspecified atom stereocenters. The number of carbonyl (C=O) groups excluding carboxylic acids is 2. The van der Waals surface area contributed by atoms with E-state index in [0.29, 0.717) is 6.61 Å². The van der Waals surface area contributed by atoms with Crippen LogP contribution in [0, 0.1) is 0 Å². The molecule has 0 aromatic rings. The summed E-state index contributed by atoms with van der Waals surface area (Å²) in [7, 11) is 0. The fourth-order valence-corrected chi connectivity index (χ4v) is 0.879. The van der Waals surface area contributed by atoms with E-state index in [1.807, 2.05) is 0 Å². The van der Waals surface area contributed by atoms with E-state index in [1.54, 1.807) is 0 Å². The van der Waals surface area contributed by atoms with E-state index in [1.165, 1.54) is 18.4 Å². The molecule has 0 saturated heterocycles. The van der Waals surface area contributed by atoms with Crippen LogP contribution in [0.3, 0.4) is 0 Å². The first-order valence-corrected chi connectivity index (χ1v) is 3.51. The number of rotatable bonds is 4. The standard InChI is InChI=1S/C8H9NO3/c1-2-12-6-5-9-7(10)3-4-8(9)11/h2-4H,1,5-6H2. The molecule has 0 aromatic carbocycles. The Morgan fingerprint density at radius 2 is 2.00 bits per heavy atom. The third-order valence-electron chi connectivity index (χ3n) is 1.45.